The minimum absolute atomic E-state index is 0.186. The number of methoxy groups -OCH3 is 2. The molecule has 0 radical (unpaired) electrons. The summed E-state index contributed by atoms with van der Waals surface area (Å²) >= 11 is 0. The second-order valence-corrected chi connectivity index (χ2v) is 4.71. The first kappa shape index (κ1) is 14.3. The smallest absolute Gasteiger partial charge is 0.160 e. The van der Waals surface area contributed by atoms with Gasteiger partial charge in [-0.05, 0) is 54.7 Å². The summed E-state index contributed by atoms with van der Waals surface area (Å²) in [6.45, 7) is 0. The molecule has 1 N–H and O–H groups in total. The zero-order valence-electron chi connectivity index (χ0n) is 11.9. The van der Waals surface area contributed by atoms with Gasteiger partial charge in [-0.3, -0.25) is 0 Å². The molecule has 3 nitrogen and oxygen atoms in total. The number of hydrogen-bond donors (Lipinski definition) is 1. The van der Waals surface area contributed by atoms with Crippen molar-refractivity contribution in [3.63, 3.8) is 0 Å². The molecule has 0 aliphatic carbocycles. The fraction of sp³-hybridized carbons (Fsp3) is 0.294. The van der Waals surface area contributed by atoms with Crippen LogP contribution in [-0.4, -0.2) is 19.3 Å². The van der Waals surface area contributed by atoms with E-state index in [2.05, 4.69) is 12.1 Å². The number of aromatic hydroxyl groups is 1. The molecule has 20 heavy (non-hydrogen) atoms. The van der Waals surface area contributed by atoms with Crippen molar-refractivity contribution >= 4 is 0 Å². The van der Waals surface area contributed by atoms with Crippen LogP contribution in [0.25, 0.3) is 0 Å². The van der Waals surface area contributed by atoms with Crippen molar-refractivity contribution in [2.45, 2.75) is 19.3 Å². The number of ether oxygens (including phenoxy) is 2. The van der Waals surface area contributed by atoms with Crippen molar-refractivity contribution in [2.24, 2.45) is 0 Å². The number of hydrogen-bond acceptors (Lipinski definition) is 3. The fourth-order valence-electron chi connectivity index (χ4n) is 2.17. The summed E-state index contributed by atoms with van der Waals surface area (Å²) in [4.78, 5) is 0. The maximum atomic E-state index is 9.55. The van der Waals surface area contributed by atoms with Gasteiger partial charge >= 0.3 is 0 Å². The van der Waals surface area contributed by atoms with Crippen LogP contribution in [0.1, 0.15) is 17.5 Å². The molecule has 0 aliphatic rings. The zero-order chi connectivity index (χ0) is 14.4. The molecule has 0 heterocycles. The number of aryl methyl sites for hydroxylation is 2. The van der Waals surface area contributed by atoms with E-state index in [0.717, 1.165) is 25.0 Å². The summed E-state index contributed by atoms with van der Waals surface area (Å²) in [5.41, 5.74) is 2.48. The van der Waals surface area contributed by atoms with Gasteiger partial charge in [0, 0.05) is 0 Å². The molecule has 0 aromatic heterocycles. The highest BCUT2D eigenvalue weighted by molar-refractivity contribution is 5.41. The van der Waals surface area contributed by atoms with E-state index in [1.54, 1.807) is 20.3 Å². The molecule has 0 saturated heterocycles. The number of rotatable bonds is 6. The third kappa shape index (κ3) is 3.67. The quantitative estimate of drug-likeness (QED) is 0.873. The Morgan fingerprint density at radius 1 is 0.850 bits per heavy atom. The van der Waals surface area contributed by atoms with Gasteiger partial charge in [0.1, 0.15) is 5.75 Å². The Kier molecular flexibility index (Phi) is 4.88. The number of phenolic OH excluding ortho intramolecular Hbond substituents is 1. The first-order valence-corrected chi connectivity index (χ1v) is 6.71. The molecule has 2 aromatic rings. The van der Waals surface area contributed by atoms with Crippen LogP contribution in [0.3, 0.4) is 0 Å². The first-order chi connectivity index (χ1) is 9.72. The van der Waals surface area contributed by atoms with E-state index in [4.69, 9.17) is 9.47 Å². The van der Waals surface area contributed by atoms with Crippen molar-refractivity contribution in [3.8, 4) is 17.2 Å². The highest BCUT2D eigenvalue weighted by Crippen LogP contribution is 2.26. The second-order valence-electron chi connectivity index (χ2n) is 4.71. The van der Waals surface area contributed by atoms with E-state index in [9.17, 15) is 5.11 Å². The fourth-order valence-corrected chi connectivity index (χ4v) is 2.17. The van der Waals surface area contributed by atoms with Crippen LogP contribution in [0.4, 0.5) is 0 Å². The lowest BCUT2D eigenvalue weighted by atomic mass is 10.0. The van der Waals surface area contributed by atoms with Gasteiger partial charge in [0.25, 0.3) is 0 Å². The number of phenols is 1. The first-order valence-electron chi connectivity index (χ1n) is 6.71. The van der Waals surface area contributed by atoms with Gasteiger partial charge in [-0.15, -0.1) is 0 Å². The van der Waals surface area contributed by atoms with E-state index in [1.807, 2.05) is 24.3 Å². The van der Waals surface area contributed by atoms with Gasteiger partial charge in [0.05, 0.1) is 14.2 Å². The molecule has 0 bridgehead atoms. The summed E-state index contributed by atoms with van der Waals surface area (Å²) in [5, 5.41) is 9.55. The Hall–Kier alpha value is -2.16. The van der Waals surface area contributed by atoms with Crippen LogP contribution in [0.2, 0.25) is 0 Å². The molecule has 106 valence electrons. The van der Waals surface area contributed by atoms with Gasteiger partial charge in [-0.1, -0.05) is 18.2 Å². The largest absolute Gasteiger partial charge is 0.504 e. The third-order valence-electron chi connectivity index (χ3n) is 3.33. The second kappa shape index (κ2) is 6.85. The average Bonchev–Trinajstić information content (AvgIpc) is 2.49. The summed E-state index contributed by atoms with van der Waals surface area (Å²) in [5.74, 6) is 1.61. The third-order valence-corrected chi connectivity index (χ3v) is 3.33. The molecule has 0 aliphatic heterocycles. The Bertz CT molecular complexity index is 547. The minimum Gasteiger partial charge on any atom is -0.504 e. The van der Waals surface area contributed by atoms with Crippen molar-refractivity contribution in [1.82, 2.24) is 0 Å². The summed E-state index contributed by atoms with van der Waals surface area (Å²) in [6.07, 6.45) is 3.04. The topological polar surface area (TPSA) is 38.7 Å². The lowest BCUT2D eigenvalue weighted by Crippen LogP contribution is -1.92. The molecule has 0 unspecified atom stereocenters. The van der Waals surface area contributed by atoms with E-state index in [-0.39, 0.29) is 5.75 Å². The van der Waals surface area contributed by atoms with E-state index < -0.39 is 0 Å². The zero-order valence-corrected chi connectivity index (χ0v) is 11.9. The van der Waals surface area contributed by atoms with Crippen LogP contribution in [0.15, 0.2) is 42.5 Å². The molecule has 0 spiro atoms. The Morgan fingerprint density at radius 3 is 2.15 bits per heavy atom. The van der Waals surface area contributed by atoms with Gasteiger partial charge in [0.15, 0.2) is 11.5 Å². The molecule has 0 saturated carbocycles. The molecule has 0 amide bonds. The Morgan fingerprint density at radius 2 is 1.50 bits per heavy atom. The van der Waals surface area contributed by atoms with E-state index in [0.29, 0.717) is 5.75 Å². The van der Waals surface area contributed by atoms with Crippen LogP contribution >= 0.6 is 0 Å². The maximum Gasteiger partial charge on any atom is 0.160 e. The van der Waals surface area contributed by atoms with Crippen LogP contribution in [0.5, 0.6) is 17.2 Å². The molecule has 0 atom stereocenters. The van der Waals surface area contributed by atoms with Crippen LogP contribution in [0, 0.1) is 0 Å². The molecular formula is C17H20O3. The molecular weight excluding hydrogens is 252 g/mol. The molecule has 0 fully saturated rings. The SMILES string of the molecule is COc1ccc(CCCc2ccc(O)c(OC)c2)cc1. The van der Waals surface area contributed by atoms with Gasteiger partial charge in [0.2, 0.25) is 0 Å². The number of benzene rings is 2. The lowest BCUT2D eigenvalue weighted by Gasteiger charge is -2.07. The van der Waals surface area contributed by atoms with Crippen molar-refractivity contribution in [2.75, 3.05) is 14.2 Å². The highest BCUT2D eigenvalue weighted by Gasteiger charge is 2.03. The lowest BCUT2D eigenvalue weighted by molar-refractivity contribution is 0.373. The van der Waals surface area contributed by atoms with E-state index in [1.165, 1.54) is 11.1 Å². The highest BCUT2D eigenvalue weighted by atomic mass is 16.5. The van der Waals surface area contributed by atoms with Crippen molar-refractivity contribution in [3.05, 3.63) is 53.6 Å². The normalized spacial score (nSPS) is 10.3. The van der Waals surface area contributed by atoms with E-state index >= 15 is 0 Å². The van der Waals surface area contributed by atoms with Crippen LogP contribution in [-0.2, 0) is 12.8 Å². The van der Waals surface area contributed by atoms with Gasteiger partial charge in [-0.25, -0.2) is 0 Å². The minimum atomic E-state index is 0.186. The standard InChI is InChI=1S/C17H20O3/c1-19-15-9-6-13(7-10-15)4-3-5-14-8-11-16(18)17(12-14)20-2/h6-12,18H,3-5H2,1-2H3. The van der Waals surface area contributed by atoms with Crippen molar-refractivity contribution in [1.29, 1.82) is 0 Å². The van der Waals surface area contributed by atoms with Gasteiger partial charge < -0.3 is 14.6 Å². The predicted octanol–water partition coefficient (Wildman–Crippen LogP) is 3.58. The summed E-state index contributed by atoms with van der Waals surface area (Å²) in [7, 11) is 3.24. The Balaban J connectivity index is 1.88. The van der Waals surface area contributed by atoms with Crippen LogP contribution < -0.4 is 9.47 Å². The monoisotopic (exact) mass is 272 g/mol. The van der Waals surface area contributed by atoms with Crippen molar-refractivity contribution < 1.29 is 14.6 Å². The Labute approximate surface area is 119 Å². The molecule has 3 heteroatoms. The van der Waals surface area contributed by atoms with Gasteiger partial charge in [-0.2, -0.15) is 0 Å². The predicted molar refractivity (Wildman–Crippen MR) is 79.7 cm³/mol. The summed E-state index contributed by atoms with van der Waals surface area (Å²) in [6, 6.07) is 13.7. The maximum absolute atomic E-state index is 9.55. The molecule has 2 rings (SSSR count). The molecule has 2 aromatic carbocycles. The average molecular weight is 272 g/mol. The summed E-state index contributed by atoms with van der Waals surface area (Å²) < 4.78 is 10.3.